The summed E-state index contributed by atoms with van der Waals surface area (Å²) in [7, 11) is 1.96. The second-order valence-corrected chi connectivity index (χ2v) is 6.72. The molecule has 4 nitrogen and oxygen atoms in total. The first-order chi connectivity index (χ1) is 11.6. The number of carbonyl (C=O) groups is 1. The Bertz CT molecular complexity index is 892. The second kappa shape index (κ2) is 5.48. The molecule has 0 spiro atoms. The first-order valence-electron chi connectivity index (χ1n) is 8.39. The third-order valence-corrected chi connectivity index (χ3v) is 5.31. The van der Waals surface area contributed by atoms with Crippen molar-refractivity contribution in [2.75, 3.05) is 13.1 Å². The maximum absolute atomic E-state index is 12.8. The Kier molecular flexibility index (Phi) is 3.41. The standard InChI is InChI=1S/C20H21N3O/c1-3-20(16-7-5-4-6-8-16)12-23(13-20)19(24)15-9-10-18-17(11-15)21-14-22(18)2/h4-11,14H,3,12-13H2,1-2H3. The van der Waals surface area contributed by atoms with E-state index in [9.17, 15) is 4.79 Å². The summed E-state index contributed by atoms with van der Waals surface area (Å²) >= 11 is 0. The molecule has 0 radical (unpaired) electrons. The van der Waals surface area contributed by atoms with Gasteiger partial charge < -0.3 is 9.47 Å². The van der Waals surface area contributed by atoms with Gasteiger partial charge >= 0.3 is 0 Å². The van der Waals surface area contributed by atoms with Gasteiger partial charge in [0.05, 0.1) is 17.4 Å². The number of hydrogen-bond acceptors (Lipinski definition) is 2. The summed E-state index contributed by atoms with van der Waals surface area (Å²) in [4.78, 5) is 19.1. The van der Waals surface area contributed by atoms with Gasteiger partial charge in [-0.25, -0.2) is 4.98 Å². The highest BCUT2D eigenvalue weighted by molar-refractivity contribution is 5.98. The number of amides is 1. The number of benzene rings is 2. The zero-order chi connectivity index (χ0) is 16.7. The zero-order valence-electron chi connectivity index (χ0n) is 14.1. The maximum atomic E-state index is 12.8. The van der Waals surface area contributed by atoms with Gasteiger partial charge in [-0.05, 0) is 30.2 Å². The normalized spacial score (nSPS) is 16.2. The molecule has 3 aromatic rings. The van der Waals surface area contributed by atoms with Crippen molar-refractivity contribution in [1.82, 2.24) is 14.5 Å². The highest BCUT2D eigenvalue weighted by atomic mass is 16.2. The molecule has 0 N–H and O–H groups in total. The van der Waals surface area contributed by atoms with Crippen molar-refractivity contribution in [3.63, 3.8) is 0 Å². The van der Waals surface area contributed by atoms with Gasteiger partial charge in [0.2, 0.25) is 0 Å². The third kappa shape index (κ3) is 2.21. The number of fused-ring (bicyclic) bond motifs is 1. The average Bonchev–Trinajstić information content (AvgIpc) is 2.96. The van der Waals surface area contributed by atoms with Crippen molar-refractivity contribution in [3.8, 4) is 0 Å². The van der Waals surface area contributed by atoms with Crippen LogP contribution < -0.4 is 0 Å². The quantitative estimate of drug-likeness (QED) is 0.742. The molecule has 2 aromatic carbocycles. The summed E-state index contributed by atoms with van der Waals surface area (Å²) in [6, 6.07) is 16.3. The van der Waals surface area contributed by atoms with Gasteiger partial charge in [-0.1, -0.05) is 37.3 Å². The molecule has 0 saturated carbocycles. The minimum Gasteiger partial charge on any atom is -0.337 e. The Morgan fingerprint density at radius 2 is 1.92 bits per heavy atom. The fourth-order valence-electron chi connectivity index (χ4n) is 3.68. The highest BCUT2D eigenvalue weighted by Crippen LogP contribution is 2.38. The van der Waals surface area contributed by atoms with E-state index < -0.39 is 0 Å². The Hall–Kier alpha value is -2.62. The van der Waals surface area contributed by atoms with Crippen LogP contribution in [0, 0.1) is 0 Å². The first kappa shape index (κ1) is 14.9. The molecular formula is C20H21N3O. The van der Waals surface area contributed by atoms with Crippen molar-refractivity contribution in [1.29, 1.82) is 0 Å². The molecule has 122 valence electrons. The second-order valence-electron chi connectivity index (χ2n) is 6.72. The van der Waals surface area contributed by atoms with Gasteiger partial charge in [0.1, 0.15) is 0 Å². The number of hydrogen-bond donors (Lipinski definition) is 0. The van der Waals surface area contributed by atoms with E-state index in [1.165, 1.54) is 5.56 Å². The lowest BCUT2D eigenvalue weighted by atomic mass is 9.71. The van der Waals surface area contributed by atoms with E-state index in [4.69, 9.17) is 0 Å². The summed E-state index contributed by atoms with van der Waals surface area (Å²) < 4.78 is 1.96. The monoisotopic (exact) mass is 319 g/mol. The first-order valence-corrected chi connectivity index (χ1v) is 8.39. The molecule has 1 aliphatic rings. The van der Waals surface area contributed by atoms with E-state index in [1.54, 1.807) is 6.33 Å². The lowest BCUT2D eigenvalue weighted by Gasteiger charge is -2.50. The molecule has 2 heterocycles. The Morgan fingerprint density at radius 1 is 1.17 bits per heavy atom. The maximum Gasteiger partial charge on any atom is 0.253 e. The minimum absolute atomic E-state index is 0.0996. The minimum atomic E-state index is 0.0996. The van der Waals surface area contributed by atoms with Crippen LogP contribution in [-0.4, -0.2) is 33.4 Å². The molecule has 4 rings (SSSR count). The van der Waals surface area contributed by atoms with E-state index in [1.807, 2.05) is 40.8 Å². The number of rotatable bonds is 3. The molecule has 0 aliphatic carbocycles. The van der Waals surface area contributed by atoms with Crippen LogP contribution >= 0.6 is 0 Å². The van der Waals surface area contributed by atoms with Crippen molar-refractivity contribution in [2.24, 2.45) is 7.05 Å². The number of likely N-dealkylation sites (tertiary alicyclic amines) is 1. The molecule has 4 heteroatoms. The van der Waals surface area contributed by atoms with E-state index in [0.29, 0.717) is 0 Å². The number of carbonyl (C=O) groups excluding carboxylic acids is 1. The Labute approximate surface area is 141 Å². The van der Waals surface area contributed by atoms with Crippen molar-refractivity contribution >= 4 is 16.9 Å². The van der Waals surface area contributed by atoms with Gasteiger partial charge in [-0.3, -0.25) is 4.79 Å². The fraction of sp³-hybridized carbons (Fsp3) is 0.300. The van der Waals surface area contributed by atoms with Crippen LogP contribution in [-0.2, 0) is 12.5 Å². The zero-order valence-corrected chi connectivity index (χ0v) is 14.1. The van der Waals surface area contributed by atoms with Gasteiger partial charge in [0.15, 0.2) is 0 Å². The molecule has 1 fully saturated rings. The summed E-state index contributed by atoms with van der Waals surface area (Å²) in [5.74, 6) is 0.0996. The molecule has 0 atom stereocenters. The predicted octanol–water partition coefficient (Wildman–Crippen LogP) is 3.38. The third-order valence-electron chi connectivity index (χ3n) is 5.31. The Balaban J connectivity index is 1.56. The van der Waals surface area contributed by atoms with Crippen LogP contribution in [0.4, 0.5) is 0 Å². The predicted molar refractivity (Wildman–Crippen MR) is 95.0 cm³/mol. The van der Waals surface area contributed by atoms with Crippen LogP contribution in [0.15, 0.2) is 54.9 Å². The number of aromatic nitrogens is 2. The summed E-state index contributed by atoms with van der Waals surface area (Å²) in [5.41, 5.74) is 4.07. The molecule has 1 amide bonds. The van der Waals surface area contributed by atoms with Crippen LogP contribution in [0.25, 0.3) is 11.0 Å². The van der Waals surface area contributed by atoms with E-state index in [2.05, 4.69) is 36.2 Å². The smallest absolute Gasteiger partial charge is 0.253 e. The summed E-state index contributed by atoms with van der Waals surface area (Å²) in [6.07, 6.45) is 2.82. The average molecular weight is 319 g/mol. The van der Waals surface area contributed by atoms with Gasteiger partial charge in [-0.15, -0.1) is 0 Å². The lowest BCUT2D eigenvalue weighted by molar-refractivity contribution is 0.0376. The van der Waals surface area contributed by atoms with Gasteiger partial charge in [-0.2, -0.15) is 0 Å². The molecule has 24 heavy (non-hydrogen) atoms. The fourth-order valence-corrected chi connectivity index (χ4v) is 3.68. The summed E-state index contributed by atoms with van der Waals surface area (Å²) in [6.45, 7) is 3.77. The van der Waals surface area contributed by atoms with Crippen LogP contribution in [0.3, 0.4) is 0 Å². The highest BCUT2D eigenvalue weighted by Gasteiger charge is 2.45. The molecule has 1 aliphatic heterocycles. The lowest BCUT2D eigenvalue weighted by Crippen LogP contribution is -2.60. The summed E-state index contributed by atoms with van der Waals surface area (Å²) in [5, 5.41) is 0. The van der Waals surface area contributed by atoms with E-state index >= 15 is 0 Å². The van der Waals surface area contributed by atoms with Crippen molar-refractivity contribution in [3.05, 3.63) is 66.0 Å². The van der Waals surface area contributed by atoms with Gasteiger partial charge in [0, 0.05) is 31.1 Å². The SMILES string of the molecule is CCC1(c2ccccc2)CN(C(=O)c2ccc3c(c2)ncn3C)C1. The topological polar surface area (TPSA) is 38.1 Å². The molecule has 0 bridgehead atoms. The van der Waals surface area contributed by atoms with Crippen LogP contribution in [0.2, 0.25) is 0 Å². The number of aryl methyl sites for hydroxylation is 1. The van der Waals surface area contributed by atoms with Gasteiger partial charge in [0.25, 0.3) is 5.91 Å². The molecular weight excluding hydrogens is 298 g/mol. The van der Waals surface area contributed by atoms with Crippen LogP contribution in [0.1, 0.15) is 29.3 Å². The largest absolute Gasteiger partial charge is 0.337 e. The van der Waals surface area contributed by atoms with Crippen molar-refractivity contribution in [2.45, 2.75) is 18.8 Å². The molecule has 0 unspecified atom stereocenters. The van der Waals surface area contributed by atoms with Crippen LogP contribution in [0.5, 0.6) is 0 Å². The molecule has 1 aromatic heterocycles. The number of nitrogens with zero attached hydrogens (tertiary/aromatic N) is 3. The number of imidazole rings is 1. The van der Waals surface area contributed by atoms with E-state index in [0.717, 1.165) is 36.1 Å². The van der Waals surface area contributed by atoms with Crippen molar-refractivity contribution < 1.29 is 4.79 Å². The molecule has 1 saturated heterocycles. The Morgan fingerprint density at radius 3 is 2.62 bits per heavy atom. The van der Waals surface area contributed by atoms with E-state index in [-0.39, 0.29) is 11.3 Å².